The number of carbonyl (C=O) groups is 2. The maximum absolute atomic E-state index is 12.0. The van der Waals surface area contributed by atoms with Crippen LogP contribution in [0.3, 0.4) is 0 Å². The average molecular weight is 434 g/mol. The van der Waals surface area contributed by atoms with Gasteiger partial charge in [-0.15, -0.1) is 0 Å². The van der Waals surface area contributed by atoms with Crippen molar-refractivity contribution in [2.75, 3.05) is 10.6 Å². The quantitative estimate of drug-likeness (QED) is 0.351. The van der Waals surface area contributed by atoms with Crippen LogP contribution in [0, 0.1) is 0 Å². The first-order valence-corrected chi connectivity index (χ1v) is 17.5. The zero-order valence-electron chi connectivity index (χ0n) is 16.1. The van der Waals surface area contributed by atoms with Crippen molar-refractivity contribution in [2.45, 2.75) is 64.0 Å². The van der Waals surface area contributed by atoms with Gasteiger partial charge >= 0.3 is 0 Å². The van der Waals surface area contributed by atoms with E-state index in [0.29, 0.717) is 24.2 Å². The maximum Gasteiger partial charge on any atom is 0.224 e. The summed E-state index contributed by atoms with van der Waals surface area (Å²) in [5, 5.41) is 5.75. The third kappa shape index (κ3) is 11.7. The molecule has 1 aromatic rings. The van der Waals surface area contributed by atoms with Gasteiger partial charge < -0.3 is 10.6 Å². The molecule has 0 fully saturated rings. The van der Waals surface area contributed by atoms with Crippen LogP contribution in [0.4, 0.5) is 11.4 Å². The topological polar surface area (TPSA) is 58.2 Å². The predicted octanol–water partition coefficient (Wildman–Crippen LogP) is 6.01. The Morgan fingerprint density at radius 2 is 1.23 bits per heavy atom. The summed E-state index contributed by atoms with van der Waals surface area (Å²) in [6.07, 6.45) is 2.51. The fourth-order valence-electron chi connectivity index (χ4n) is 2.46. The molecule has 0 saturated carbocycles. The molecule has 0 spiro atoms. The second kappa shape index (κ2) is 10.5. The zero-order valence-corrected chi connectivity index (χ0v) is 19.6. The molecular weight excluding hydrogens is 403 g/mol. The van der Waals surface area contributed by atoms with Gasteiger partial charge in [-0.05, 0) is 43.1 Å². The molecule has 1 rings (SSSR count). The van der Waals surface area contributed by atoms with Crippen molar-refractivity contribution >= 4 is 60.1 Å². The molecule has 2 amide bonds. The summed E-state index contributed by atoms with van der Waals surface area (Å²) in [6, 6.07) is 9.05. The van der Waals surface area contributed by atoms with E-state index in [2.05, 4.69) is 36.8 Å². The number of anilines is 2. The largest absolute Gasteiger partial charge is 0.326 e. The number of rotatable bonds is 10. The molecule has 0 atom stereocenters. The van der Waals surface area contributed by atoms with Gasteiger partial charge in [0.1, 0.15) is 0 Å². The molecule has 0 radical (unpaired) electrons. The van der Waals surface area contributed by atoms with Gasteiger partial charge in [0.05, 0.1) is 0 Å². The minimum Gasteiger partial charge on any atom is -0.326 e. The highest BCUT2D eigenvalue weighted by atomic mass is 35.6. The van der Waals surface area contributed by atoms with Crippen LogP contribution < -0.4 is 10.6 Å². The number of hydrogen-bond donors (Lipinski definition) is 2. The molecule has 0 aliphatic carbocycles. The summed E-state index contributed by atoms with van der Waals surface area (Å²) in [6.45, 7) is 8.31. The van der Waals surface area contributed by atoms with Gasteiger partial charge in [-0.3, -0.25) is 9.59 Å². The Labute approximate surface area is 168 Å². The molecule has 0 unspecified atom stereocenters. The lowest BCUT2D eigenvalue weighted by Gasteiger charge is -2.13. The summed E-state index contributed by atoms with van der Waals surface area (Å²) >= 11 is 12.5. The SMILES string of the molecule is C[Si](C)(Cl)CCCC(=O)Nc1cccc(NC(=O)CCC[Si](C)(C)Cl)c1. The molecule has 146 valence electrons. The fourth-order valence-corrected chi connectivity index (χ4v) is 5.30. The molecule has 1 aromatic carbocycles. The minimum atomic E-state index is -1.63. The molecule has 2 N–H and O–H groups in total. The van der Waals surface area contributed by atoms with Crippen LogP contribution in [0.25, 0.3) is 0 Å². The van der Waals surface area contributed by atoms with Gasteiger partial charge in [0, 0.05) is 24.2 Å². The summed E-state index contributed by atoms with van der Waals surface area (Å²) in [4.78, 5) is 24.1. The van der Waals surface area contributed by atoms with Crippen molar-refractivity contribution < 1.29 is 9.59 Å². The van der Waals surface area contributed by atoms with Gasteiger partial charge in [-0.25, -0.2) is 0 Å². The lowest BCUT2D eigenvalue weighted by atomic mass is 10.2. The number of nitrogens with one attached hydrogen (secondary N) is 2. The highest BCUT2D eigenvalue weighted by Gasteiger charge is 2.18. The highest BCUT2D eigenvalue weighted by molar-refractivity contribution is 7.19. The molecule has 0 aromatic heterocycles. The zero-order chi connectivity index (χ0) is 19.8. The third-order valence-electron chi connectivity index (χ3n) is 3.78. The van der Waals surface area contributed by atoms with Crippen molar-refractivity contribution in [3.8, 4) is 0 Å². The smallest absolute Gasteiger partial charge is 0.224 e. The van der Waals surface area contributed by atoms with Crippen LogP contribution >= 0.6 is 22.2 Å². The highest BCUT2D eigenvalue weighted by Crippen LogP contribution is 2.20. The molecule has 0 saturated heterocycles. The van der Waals surface area contributed by atoms with Crippen LogP contribution in [0.1, 0.15) is 25.7 Å². The standard InChI is InChI=1S/C18H30Cl2N2O2Si2/c1-25(2,19)12-6-10-17(23)21-15-8-5-9-16(14-15)22-18(24)11-7-13-26(3,4)20/h5,8-9,14H,6-7,10-13H2,1-4H3,(H,21,23)(H,22,24). The summed E-state index contributed by atoms with van der Waals surface area (Å²) in [7, 11) is -3.26. The van der Waals surface area contributed by atoms with Crippen LogP contribution in [-0.2, 0) is 9.59 Å². The van der Waals surface area contributed by atoms with E-state index in [1.165, 1.54) is 0 Å². The van der Waals surface area contributed by atoms with Gasteiger partial charge in [0.2, 0.25) is 11.8 Å². The first-order chi connectivity index (χ1) is 11.9. The second-order valence-corrected chi connectivity index (χ2v) is 21.8. The Hall–Kier alpha value is -0.826. The summed E-state index contributed by atoms with van der Waals surface area (Å²) in [5.41, 5.74) is 1.37. The van der Waals surface area contributed by atoms with E-state index in [-0.39, 0.29) is 11.8 Å². The first-order valence-electron chi connectivity index (χ1n) is 9.02. The normalized spacial score (nSPS) is 11.9. The van der Waals surface area contributed by atoms with Gasteiger partial charge in [-0.2, -0.15) is 22.2 Å². The second-order valence-electron chi connectivity index (χ2n) is 7.82. The Morgan fingerprint density at radius 3 is 1.58 bits per heavy atom. The van der Waals surface area contributed by atoms with E-state index in [1.54, 1.807) is 6.07 Å². The first kappa shape index (κ1) is 23.2. The minimum absolute atomic E-state index is 0.0299. The van der Waals surface area contributed by atoms with E-state index in [9.17, 15) is 9.59 Å². The Kier molecular flexibility index (Phi) is 9.37. The molecule has 4 nitrogen and oxygen atoms in total. The summed E-state index contributed by atoms with van der Waals surface area (Å²) < 4.78 is 0. The number of carbonyl (C=O) groups excluding carboxylic acids is 2. The van der Waals surface area contributed by atoms with Gasteiger partial charge in [-0.1, -0.05) is 32.3 Å². The van der Waals surface area contributed by atoms with Crippen molar-refractivity contribution in [2.24, 2.45) is 0 Å². The van der Waals surface area contributed by atoms with Crippen LogP contribution in [0.5, 0.6) is 0 Å². The van der Waals surface area contributed by atoms with E-state index < -0.39 is 14.8 Å². The van der Waals surface area contributed by atoms with Gasteiger partial charge in [0.25, 0.3) is 0 Å². The Bertz CT molecular complexity index is 565. The van der Waals surface area contributed by atoms with E-state index >= 15 is 0 Å². The third-order valence-corrected chi connectivity index (χ3v) is 8.00. The van der Waals surface area contributed by atoms with E-state index in [0.717, 1.165) is 24.9 Å². The van der Waals surface area contributed by atoms with Crippen LogP contribution in [0.2, 0.25) is 38.3 Å². The van der Waals surface area contributed by atoms with Crippen molar-refractivity contribution in [1.29, 1.82) is 0 Å². The number of hydrogen-bond acceptors (Lipinski definition) is 2. The number of benzene rings is 1. The predicted molar refractivity (Wildman–Crippen MR) is 118 cm³/mol. The van der Waals surface area contributed by atoms with Crippen LogP contribution in [-0.4, -0.2) is 26.6 Å². The van der Waals surface area contributed by atoms with Crippen molar-refractivity contribution in [3.63, 3.8) is 0 Å². The van der Waals surface area contributed by atoms with Crippen LogP contribution in [0.15, 0.2) is 24.3 Å². The van der Waals surface area contributed by atoms with E-state index in [4.69, 9.17) is 22.2 Å². The fraction of sp³-hybridized carbons (Fsp3) is 0.556. The number of amides is 2. The molecule has 26 heavy (non-hydrogen) atoms. The molecule has 0 aliphatic heterocycles. The maximum atomic E-state index is 12.0. The molecule has 0 aliphatic rings. The lowest BCUT2D eigenvalue weighted by molar-refractivity contribution is -0.117. The van der Waals surface area contributed by atoms with E-state index in [1.807, 2.05) is 18.2 Å². The monoisotopic (exact) mass is 432 g/mol. The average Bonchev–Trinajstić information content (AvgIpc) is 2.44. The molecule has 8 heteroatoms. The Morgan fingerprint density at radius 1 is 0.846 bits per heavy atom. The lowest BCUT2D eigenvalue weighted by Crippen LogP contribution is -2.18. The van der Waals surface area contributed by atoms with Crippen molar-refractivity contribution in [1.82, 2.24) is 0 Å². The van der Waals surface area contributed by atoms with Gasteiger partial charge in [0.15, 0.2) is 14.8 Å². The molecule has 0 bridgehead atoms. The molecule has 0 heterocycles. The Balaban J connectivity index is 2.44. The van der Waals surface area contributed by atoms with Crippen molar-refractivity contribution in [3.05, 3.63) is 24.3 Å². The molecular formula is C18H30Cl2N2O2Si2. The number of halogens is 2. The summed E-state index contributed by atoms with van der Waals surface area (Å²) in [5.74, 6) is -0.0598.